The molecule has 3 rings (SSSR count). The van der Waals surface area contributed by atoms with Crippen LogP contribution < -0.4 is 5.43 Å². The summed E-state index contributed by atoms with van der Waals surface area (Å²) in [5, 5.41) is 0.324. The third-order valence-electron chi connectivity index (χ3n) is 4.41. The van der Waals surface area contributed by atoms with Gasteiger partial charge in [0.1, 0.15) is 5.82 Å². The second kappa shape index (κ2) is 6.85. The maximum atomic E-state index is 14.6. The molecule has 4 nitrogen and oxygen atoms in total. The lowest BCUT2D eigenvalue weighted by atomic mass is 10.0. The van der Waals surface area contributed by atoms with Gasteiger partial charge in [0.05, 0.1) is 10.4 Å². The van der Waals surface area contributed by atoms with E-state index in [2.05, 4.69) is 0 Å². The van der Waals surface area contributed by atoms with Crippen LogP contribution in [0.5, 0.6) is 0 Å². The Balaban J connectivity index is 2.27. The first-order chi connectivity index (χ1) is 12.3. The van der Waals surface area contributed by atoms with Crippen molar-refractivity contribution in [3.8, 4) is 11.1 Å². The van der Waals surface area contributed by atoms with Crippen LogP contribution in [-0.4, -0.2) is 13.0 Å². The molecule has 0 aliphatic carbocycles. The summed E-state index contributed by atoms with van der Waals surface area (Å²) in [5.41, 5.74) is 2.13. The zero-order valence-corrected chi connectivity index (χ0v) is 15.9. The van der Waals surface area contributed by atoms with Gasteiger partial charge in [0.25, 0.3) is 9.05 Å². The van der Waals surface area contributed by atoms with E-state index in [1.807, 2.05) is 18.4 Å². The van der Waals surface area contributed by atoms with Crippen LogP contribution in [0.2, 0.25) is 0 Å². The number of aryl methyl sites for hydroxylation is 2. The number of pyridine rings is 1. The quantitative estimate of drug-likeness (QED) is 0.620. The SMILES string of the molecule is CCc1cc(=O)c2cc(F)c(-c3ccc(S(=O)(=O)Cl)cc3)cc2n1CC. The van der Waals surface area contributed by atoms with Crippen LogP contribution in [0.3, 0.4) is 0 Å². The van der Waals surface area contributed by atoms with Crippen LogP contribution in [0.25, 0.3) is 22.0 Å². The van der Waals surface area contributed by atoms with Crippen molar-refractivity contribution in [1.29, 1.82) is 0 Å². The predicted molar refractivity (Wildman–Crippen MR) is 102 cm³/mol. The van der Waals surface area contributed by atoms with Gasteiger partial charge in [-0.1, -0.05) is 19.1 Å². The maximum Gasteiger partial charge on any atom is 0.261 e. The average Bonchev–Trinajstić information content (AvgIpc) is 2.61. The minimum absolute atomic E-state index is 0.0529. The Morgan fingerprint density at radius 1 is 1.08 bits per heavy atom. The van der Waals surface area contributed by atoms with Gasteiger partial charge in [0.2, 0.25) is 0 Å². The van der Waals surface area contributed by atoms with Crippen LogP contribution in [0, 0.1) is 5.82 Å². The summed E-state index contributed by atoms with van der Waals surface area (Å²) >= 11 is 0. The molecule has 0 N–H and O–H groups in total. The van der Waals surface area contributed by atoms with E-state index in [-0.39, 0.29) is 10.3 Å². The van der Waals surface area contributed by atoms with Gasteiger partial charge in [0.15, 0.2) is 5.43 Å². The molecular weight excluding hydrogens is 377 g/mol. The zero-order valence-electron chi connectivity index (χ0n) is 14.3. The summed E-state index contributed by atoms with van der Waals surface area (Å²) < 4.78 is 39.4. The monoisotopic (exact) mass is 393 g/mol. The summed E-state index contributed by atoms with van der Waals surface area (Å²) in [7, 11) is 1.48. The highest BCUT2D eigenvalue weighted by molar-refractivity contribution is 8.13. The molecule has 0 fully saturated rings. The molecule has 0 atom stereocenters. The molecule has 2 aromatic carbocycles. The Labute approximate surface area is 155 Å². The lowest BCUT2D eigenvalue weighted by molar-refractivity contribution is 0.609. The molecule has 0 saturated carbocycles. The Hall–Kier alpha value is -2.18. The third kappa shape index (κ3) is 3.27. The van der Waals surface area contributed by atoms with E-state index in [4.69, 9.17) is 10.7 Å². The normalized spacial score (nSPS) is 11.8. The number of benzene rings is 2. The van der Waals surface area contributed by atoms with Crippen molar-refractivity contribution in [2.45, 2.75) is 31.7 Å². The van der Waals surface area contributed by atoms with Crippen molar-refractivity contribution in [1.82, 2.24) is 4.57 Å². The molecule has 1 aromatic heterocycles. The van der Waals surface area contributed by atoms with E-state index < -0.39 is 14.9 Å². The van der Waals surface area contributed by atoms with Crippen molar-refractivity contribution < 1.29 is 12.8 Å². The molecule has 0 radical (unpaired) electrons. The van der Waals surface area contributed by atoms with E-state index >= 15 is 0 Å². The van der Waals surface area contributed by atoms with Crippen LogP contribution in [0.15, 0.2) is 52.2 Å². The van der Waals surface area contributed by atoms with Crippen LogP contribution >= 0.6 is 10.7 Å². The smallest absolute Gasteiger partial charge is 0.261 e. The summed E-state index contributed by atoms with van der Waals surface area (Å²) in [6, 6.07) is 10.1. The number of hydrogen-bond donors (Lipinski definition) is 0. The molecule has 136 valence electrons. The van der Waals surface area contributed by atoms with Crippen LogP contribution in [-0.2, 0) is 22.0 Å². The number of aromatic nitrogens is 1. The fourth-order valence-electron chi connectivity index (χ4n) is 3.13. The van der Waals surface area contributed by atoms with Crippen molar-refractivity contribution in [3.05, 3.63) is 64.2 Å². The molecule has 0 spiro atoms. The average molecular weight is 394 g/mol. The first-order valence-corrected chi connectivity index (χ1v) is 10.5. The number of halogens is 2. The molecule has 3 aromatic rings. The fraction of sp³-hybridized carbons (Fsp3) is 0.211. The molecule has 0 aliphatic rings. The third-order valence-corrected chi connectivity index (χ3v) is 5.78. The largest absolute Gasteiger partial charge is 0.345 e. The summed E-state index contributed by atoms with van der Waals surface area (Å²) in [6.45, 7) is 4.57. The van der Waals surface area contributed by atoms with E-state index in [0.29, 0.717) is 35.0 Å². The highest BCUT2D eigenvalue weighted by atomic mass is 35.7. The highest BCUT2D eigenvalue weighted by Gasteiger charge is 2.15. The number of fused-ring (bicyclic) bond motifs is 1. The first kappa shape index (κ1) is 18.6. The number of nitrogens with zero attached hydrogens (tertiary/aromatic N) is 1. The second-order valence-corrected chi connectivity index (χ2v) is 8.48. The van der Waals surface area contributed by atoms with Crippen molar-refractivity contribution in [2.24, 2.45) is 0 Å². The molecule has 1 heterocycles. The molecular formula is C19H17ClFNO3S. The van der Waals surface area contributed by atoms with Crippen LogP contribution in [0.4, 0.5) is 4.39 Å². The Bertz CT molecular complexity index is 1150. The Kier molecular flexibility index (Phi) is 4.90. The van der Waals surface area contributed by atoms with Gasteiger partial charge in [-0.05, 0) is 43.2 Å². The van der Waals surface area contributed by atoms with E-state index in [1.165, 1.54) is 30.3 Å². The fourth-order valence-corrected chi connectivity index (χ4v) is 3.90. The van der Waals surface area contributed by atoms with Gasteiger partial charge in [-0.25, -0.2) is 12.8 Å². The van der Waals surface area contributed by atoms with E-state index in [0.717, 1.165) is 5.69 Å². The van der Waals surface area contributed by atoms with Gasteiger partial charge in [-0.2, -0.15) is 0 Å². The predicted octanol–water partition coefficient (Wildman–Crippen LogP) is 4.32. The summed E-state index contributed by atoms with van der Waals surface area (Å²) in [5.74, 6) is -0.539. The molecule has 0 aliphatic heterocycles. The van der Waals surface area contributed by atoms with Gasteiger partial charge in [-0.15, -0.1) is 0 Å². The molecule has 0 saturated heterocycles. The van der Waals surface area contributed by atoms with Gasteiger partial charge in [-0.3, -0.25) is 4.79 Å². The lowest BCUT2D eigenvalue weighted by Gasteiger charge is -2.15. The standard InChI is InChI=1S/C19H17ClFNO3S/c1-3-13-9-19(23)16-10-17(21)15(11-18(16)22(13)4-2)12-5-7-14(8-6-12)26(20,24)25/h5-11H,3-4H2,1-2H3. The second-order valence-electron chi connectivity index (χ2n) is 5.91. The van der Waals surface area contributed by atoms with Gasteiger partial charge < -0.3 is 4.57 Å². The Morgan fingerprint density at radius 3 is 2.27 bits per heavy atom. The molecule has 0 bridgehead atoms. The first-order valence-electron chi connectivity index (χ1n) is 8.17. The molecule has 0 amide bonds. The zero-order chi connectivity index (χ0) is 19.1. The lowest BCUT2D eigenvalue weighted by Crippen LogP contribution is -2.13. The van der Waals surface area contributed by atoms with Crippen molar-refractivity contribution in [2.75, 3.05) is 0 Å². The summed E-state index contributed by atoms with van der Waals surface area (Å²) in [4.78, 5) is 12.3. The highest BCUT2D eigenvalue weighted by Crippen LogP contribution is 2.29. The maximum absolute atomic E-state index is 14.6. The van der Waals surface area contributed by atoms with Crippen molar-refractivity contribution >= 4 is 30.6 Å². The molecule has 7 heteroatoms. The molecule has 26 heavy (non-hydrogen) atoms. The number of rotatable bonds is 4. The van der Waals surface area contributed by atoms with E-state index in [9.17, 15) is 17.6 Å². The summed E-state index contributed by atoms with van der Waals surface area (Å²) in [6.07, 6.45) is 0.689. The minimum atomic E-state index is -3.84. The van der Waals surface area contributed by atoms with Gasteiger partial charge >= 0.3 is 0 Å². The Morgan fingerprint density at radius 2 is 1.73 bits per heavy atom. The van der Waals surface area contributed by atoms with Crippen molar-refractivity contribution in [3.63, 3.8) is 0 Å². The van der Waals surface area contributed by atoms with Crippen LogP contribution in [0.1, 0.15) is 19.5 Å². The minimum Gasteiger partial charge on any atom is -0.345 e. The van der Waals surface area contributed by atoms with E-state index in [1.54, 1.807) is 12.1 Å². The topological polar surface area (TPSA) is 56.1 Å². The molecule has 0 unspecified atom stereocenters. The van der Waals surface area contributed by atoms with Gasteiger partial charge in [0, 0.05) is 39.9 Å². The number of hydrogen-bond acceptors (Lipinski definition) is 3.